The molecular formula is C18H14N2O. The highest BCUT2D eigenvalue weighted by Gasteiger charge is 2.04. The van der Waals surface area contributed by atoms with E-state index in [-0.39, 0.29) is 0 Å². The molecule has 0 radical (unpaired) electrons. The highest BCUT2D eigenvalue weighted by molar-refractivity contribution is 5.93. The predicted octanol–water partition coefficient (Wildman–Crippen LogP) is 3.40. The molecule has 0 unspecified atom stereocenters. The maximum absolute atomic E-state index is 10.9. The van der Waals surface area contributed by atoms with Crippen molar-refractivity contribution in [1.82, 2.24) is 4.98 Å². The van der Waals surface area contributed by atoms with Crippen LogP contribution in [0.1, 0.15) is 5.56 Å². The van der Waals surface area contributed by atoms with Crippen LogP contribution in [0.5, 0.6) is 0 Å². The average Bonchev–Trinajstić information content (AvgIpc) is 2.52. The van der Waals surface area contributed by atoms with Gasteiger partial charge in [-0.05, 0) is 40.1 Å². The van der Waals surface area contributed by atoms with Gasteiger partial charge in [-0.2, -0.15) is 0 Å². The van der Waals surface area contributed by atoms with Gasteiger partial charge in [0.1, 0.15) is 0 Å². The Morgan fingerprint density at radius 3 is 2.67 bits per heavy atom. The van der Waals surface area contributed by atoms with E-state index in [1.807, 2.05) is 18.2 Å². The van der Waals surface area contributed by atoms with E-state index in [2.05, 4.69) is 35.3 Å². The van der Waals surface area contributed by atoms with Crippen LogP contribution in [0.2, 0.25) is 0 Å². The molecule has 0 bridgehead atoms. The Kier molecular flexibility index (Phi) is 3.48. The number of carbonyl (C=O) groups is 1. The minimum atomic E-state index is -0.462. The fourth-order valence-electron chi connectivity index (χ4n) is 2.32. The zero-order valence-electron chi connectivity index (χ0n) is 11.4. The highest BCUT2D eigenvalue weighted by Crippen LogP contribution is 2.27. The summed E-state index contributed by atoms with van der Waals surface area (Å²) in [5.74, 6) is -0.462. The molecule has 2 aromatic carbocycles. The number of rotatable bonds is 3. The molecule has 0 aliphatic carbocycles. The topological polar surface area (TPSA) is 56.0 Å². The first-order valence-corrected chi connectivity index (χ1v) is 6.65. The number of nitrogens with zero attached hydrogens (tertiary/aromatic N) is 1. The van der Waals surface area contributed by atoms with Crippen LogP contribution in [-0.2, 0) is 4.79 Å². The van der Waals surface area contributed by atoms with Crippen molar-refractivity contribution >= 4 is 22.8 Å². The van der Waals surface area contributed by atoms with E-state index < -0.39 is 5.91 Å². The molecule has 0 fully saturated rings. The van der Waals surface area contributed by atoms with Gasteiger partial charge in [-0.15, -0.1) is 0 Å². The van der Waals surface area contributed by atoms with Crippen LogP contribution >= 0.6 is 0 Å². The number of benzene rings is 2. The van der Waals surface area contributed by atoms with E-state index in [1.54, 1.807) is 18.5 Å². The number of pyridine rings is 1. The monoisotopic (exact) mass is 274 g/mol. The van der Waals surface area contributed by atoms with Crippen LogP contribution in [0.4, 0.5) is 0 Å². The molecule has 0 saturated carbocycles. The molecule has 0 aliphatic rings. The molecule has 0 saturated heterocycles. The lowest BCUT2D eigenvalue weighted by molar-refractivity contribution is -0.113. The van der Waals surface area contributed by atoms with Crippen molar-refractivity contribution < 1.29 is 4.79 Å². The zero-order chi connectivity index (χ0) is 14.7. The van der Waals surface area contributed by atoms with Crippen molar-refractivity contribution in [2.24, 2.45) is 5.73 Å². The first-order valence-electron chi connectivity index (χ1n) is 6.65. The van der Waals surface area contributed by atoms with Crippen LogP contribution < -0.4 is 5.73 Å². The fourth-order valence-corrected chi connectivity index (χ4v) is 2.32. The minimum Gasteiger partial charge on any atom is -0.366 e. The Bertz CT molecular complexity index is 837. The molecule has 3 nitrogen and oxygen atoms in total. The number of nitrogens with two attached hydrogens (primary N) is 1. The third kappa shape index (κ3) is 2.82. The number of amides is 1. The Morgan fingerprint density at radius 2 is 1.86 bits per heavy atom. The van der Waals surface area contributed by atoms with E-state index in [0.29, 0.717) is 0 Å². The molecule has 2 N–H and O–H groups in total. The molecule has 0 spiro atoms. The molecule has 1 heterocycles. The number of carbonyl (C=O) groups excluding carboxylic acids is 1. The van der Waals surface area contributed by atoms with Crippen molar-refractivity contribution in [3.8, 4) is 11.1 Å². The highest BCUT2D eigenvalue weighted by atomic mass is 16.1. The molecule has 0 aliphatic heterocycles. The van der Waals surface area contributed by atoms with Gasteiger partial charge in [0, 0.05) is 24.0 Å². The summed E-state index contributed by atoms with van der Waals surface area (Å²) in [6.45, 7) is 0. The summed E-state index contributed by atoms with van der Waals surface area (Å²) >= 11 is 0. The molecular weight excluding hydrogens is 260 g/mol. The second-order valence-electron chi connectivity index (χ2n) is 4.76. The number of fused-ring (bicyclic) bond motifs is 1. The van der Waals surface area contributed by atoms with Gasteiger partial charge in [0.25, 0.3) is 0 Å². The van der Waals surface area contributed by atoms with Crippen molar-refractivity contribution in [2.45, 2.75) is 0 Å². The number of primary amides is 1. The van der Waals surface area contributed by atoms with Crippen LogP contribution in [0.25, 0.3) is 28.0 Å². The van der Waals surface area contributed by atoms with Gasteiger partial charge in [-0.3, -0.25) is 9.78 Å². The lowest BCUT2D eigenvalue weighted by Gasteiger charge is -2.07. The fraction of sp³-hybridized carbons (Fsp3) is 0. The molecule has 0 atom stereocenters. The van der Waals surface area contributed by atoms with Gasteiger partial charge in [-0.25, -0.2) is 0 Å². The van der Waals surface area contributed by atoms with E-state index in [9.17, 15) is 4.79 Å². The Morgan fingerprint density at radius 1 is 1.05 bits per heavy atom. The van der Waals surface area contributed by atoms with Crippen molar-refractivity contribution in [3.63, 3.8) is 0 Å². The van der Waals surface area contributed by atoms with Crippen LogP contribution in [-0.4, -0.2) is 10.9 Å². The van der Waals surface area contributed by atoms with Crippen LogP contribution in [0.15, 0.2) is 67.0 Å². The van der Waals surface area contributed by atoms with E-state index >= 15 is 0 Å². The molecule has 102 valence electrons. The van der Waals surface area contributed by atoms with Gasteiger partial charge in [0.05, 0.1) is 0 Å². The van der Waals surface area contributed by atoms with Gasteiger partial charge >= 0.3 is 0 Å². The quantitative estimate of drug-likeness (QED) is 0.744. The van der Waals surface area contributed by atoms with Gasteiger partial charge in [-0.1, -0.05) is 36.4 Å². The molecule has 1 amide bonds. The summed E-state index contributed by atoms with van der Waals surface area (Å²) in [6, 6.07) is 16.3. The van der Waals surface area contributed by atoms with E-state index in [0.717, 1.165) is 16.7 Å². The lowest BCUT2D eigenvalue weighted by Crippen LogP contribution is -2.05. The summed E-state index contributed by atoms with van der Waals surface area (Å²) in [6.07, 6.45) is 6.57. The van der Waals surface area contributed by atoms with E-state index in [1.165, 1.54) is 16.8 Å². The molecule has 3 aromatic rings. The molecule has 3 heteroatoms. The largest absolute Gasteiger partial charge is 0.366 e. The first kappa shape index (κ1) is 13.1. The van der Waals surface area contributed by atoms with E-state index in [4.69, 9.17) is 5.73 Å². The Balaban J connectivity index is 2.12. The summed E-state index contributed by atoms with van der Waals surface area (Å²) in [4.78, 5) is 15.1. The summed E-state index contributed by atoms with van der Waals surface area (Å²) in [5, 5.41) is 2.36. The maximum atomic E-state index is 10.9. The van der Waals surface area contributed by atoms with Crippen molar-refractivity contribution in [2.75, 3.05) is 0 Å². The number of hydrogen-bond acceptors (Lipinski definition) is 2. The summed E-state index contributed by atoms with van der Waals surface area (Å²) in [5.41, 5.74) is 8.11. The van der Waals surface area contributed by atoms with Gasteiger partial charge in [0.2, 0.25) is 5.91 Å². The second kappa shape index (κ2) is 5.59. The minimum absolute atomic E-state index is 0.462. The third-order valence-electron chi connectivity index (χ3n) is 3.34. The standard InChI is InChI=1S/C18H14N2O/c19-18(21)8-7-14-9-10-20-12-17(14)16-6-5-13-3-1-2-4-15(13)11-16/h1-12H,(H2,19,21). The first-order chi connectivity index (χ1) is 10.2. The SMILES string of the molecule is NC(=O)C=Cc1ccncc1-c1ccc2ccccc2c1. The summed E-state index contributed by atoms with van der Waals surface area (Å²) in [7, 11) is 0. The molecule has 21 heavy (non-hydrogen) atoms. The van der Waals surface area contributed by atoms with Gasteiger partial charge < -0.3 is 5.73 Å². The molecule has 1 aromatic heterocycles. The smallest absolute Gasteiger partial charge is 0.241 e. The van der Waals surface area contributed by atoms with Crippen molar-refractivity contribution in [3.05, 3.63) is 72.6 Å². The lowest BCUT2D eigenvalue weighted by atomic mass is 9.98. The zero-order valence-corrected chi connectivity index (χ0v) is 11.4. The normalized spacial score (nSPS) is 11.0. The maximum Gasteiger partial charge on any atom is 0.241 e. The van der Waals surface area contributed by atoms with Gasteiger partial charge in [0.15, 0.2) is 0 Å². The van der Waals surface area contributed by atoms with Crippen LogP contribution in [0.3, 0.4) is 0 Å². The number of hydrogen-bond donors (Lipinski definition) is 1. The second-order valence-corrected chi connectivity index (χ2v) is 4.76. The summed E-state index contributed by atoms with van der Waals surface area (Å²) < 4.78 is 0. The Hall–Kier alpha value is -2.94. The van der Waals surface area contributed by atoms with Crippen LogP contribution in [0, 0.1) is 0 Å². The van der Waals surface area contributed by atoms with Crippen molar-refractivity contribution in [1.29, 1.82) is 0 Å². The third-order valence-corrected chi connectivity index (χ3v) is 3.34. The average molecular weight is 274 g/mol. The Labute approximate surface area is 122 Å². The molecule has 3 rings (SSSR count). The predicted molar refractivity (Wildman–Crippen MR) is 85.4 cm³/mol. The number of aromatic nitrogens is 1.